The SMILES string of the molecule is COC(=O)c1ccc(Cl)cc1-c1ccc(C=NNC(N)=O)o1. The predicted molar refractivity (Wildman–Crippen MR) is 80.8 cm³/mol. The number of carbonyl (C=O) groups excluding carboxylic acids is 2. The van der Waals surface area contributed by atoms with Crippen molar-refractivity contribution in [3.63, 3.8) is 0 Å². The molecule has 1 heterocycles. The van der Waals surface area contributed by atoms with Gasteiger partial charge in [-0.05, 0) is 30.3 Å². The van der Waals surface area contributed by atoms with E-state index < -0.39 is 12.0 Å². The molecule has 0 aliphatic carbocycles. The number of hydrogen-bond donors (Lipinski definition) is 2. The van der Waals surface area contributed by atoms with Crippen molar-refractivity contribution >= 4 is 29.8 Å². The number of hydrogen-bond acceptors (Lipinski definition) is 5. The lowest BCUT2D eigenvalue weighted by atomic mass is 10.1. The zero-order valence-electron chi connectivity index (χ0n) is 11.5. The number of benzene rings is 1. The number of urea groups is 1. The Kier molecular flexibility index (Phi) is 4.80. The summed E-state index contributed by atoms with van der Waals surface area (Å²) in [4.78, 5) is 22.3. The Morgan fingerprint density at radius 2 is 2.14 bits per heavy atom. The van der Waals surface area contributed by atoms with Gasteiger partial charge in [0.2, 0.25) is 0 Å². The highest BCUT2D eigenvalue weighted by Gasteiger charge is 2.16. The first-order valence-electron chi connectivity index (χ1n) is 6.08. The molecule has 0 bridgehead atoms. The third-order valence-corrected chi connectivity index (χ3v) is 2.88. The molecule has 3 N–H and O–H groups in total. The van der Waals surface area contributed by atoms with Crippen LogP contribution < -0.4 is 11.2 Å². The number of methoxy groups -OCH3 is 1. The van der Waals surface area contributed by atoms with Crippen molar-refractivity contribution < 1.29 is 18.7 Å². The lowest BCUT2D eigenvalue weighted by Gasteiger charge is -2.06. The van der Waals surface area contributed by atoms with Gasteiger partial charge in [-0.3, -0.25) is 0 Å². The molecule has 8 heteroatoms. The zero-order chi connectivity index (χ0) is 16.1. The maximum absolute atomic E-state index is 11.8. The molecular formula is C14H12ClN3O4. The number of nitrogens with two attached hydrogens (primary N) is 1. The molecule has 0 aliphatic rings. The average molecular weight is 322 g/mol. The lowest BCUT2D eigenvalue weighted by Crippen LogP contribution is -2.24. The number of nitrogens with zero attached hydrogens (tertiary/aromatic N) is 1. The Labute approximate surface area is 130 Å². The summed E-state index contributed by atoms with van der Waals surface area (Å²) in [5.41, 5.74) is 7.73. The zero-order valence-corrected chi connectivity index (χ0v) is 12.3. The number of halogens is 1. The molecule has 114 valence electrons. The van der Waals surface area contributed by atoms with Gasteiger partial charge in [-0.15, -0.1) is 0 Å². The van der Waals surface area contributed by atoms with Gasteiger partial charge in [0.05, 0.1) is 18.9 Å². The number of rotatable bonds is 4. The van der Waals surface area contributed by atoms with Crippen molar-refractivity contribution in [2.75, 3.05) is 7.11 Å². The average Bonchev–Trinajstić information content (AvgIpc) is 2.94. The van der Waals surface area contributed by atoms with Crippen molar-refractivity contribution in [3.05, 3.63) is 46.7 Å². The van der Waals surface area contributed by atoms with Crippen LogP contribution in [0.2, 0.25) is 5.02 Å². The molecule has 0 saturated carbocycles. The van der Waals surface area contributed by atoms with Crippen molar-refractivity contribution in [2.24, 2.45) is 10.8 Å². The van der Waals surface area contributed by atoms with E-state index in [0.29, 0.717) is 27.7 Å². The molecule has 2 amide bonds. The summed E-state index contributed by atoms with van der Waals surface area (Å²) in [5.74, 6) is 0.261. The van der Waals surface area contributed by atoms with Gasteiger partial charge in [-0.2, -0.15) is 5.10 Å². The van der Waals surface area contributed by atoms with Crippen LogP contribution in [-0.4, -0.2) is 25.3 Å². The molecule has 0 radical (unpaired) electrons. The highest BCUT2D eigenvalue weighted by molar-refractivity contribution is 6.31. The first-order valence-corrected chi connectivity index (χ1v) is 6.45. The van der Waals surface area contributed by atoms with E-state index in [0.717, 1.165) is 0 Å². The monoisotopic (exact) mass is 321 g/mol. The summed E-state index contributed by atoms with van der Waals surface area (Å²) in [6, 6.07) is 7.20. The molecule has 0 fully saturated rings. The van der Waals surface area contributed by atoms with Crippen LogP contribution in [0.15, 0.2) is 39.9 Å². The molecule has 0 spiro atoms. The van der Waals surface area contributed by atoms with E-state index >= 15 is 0 Å². The molecule has 1 aromatic heterocycles. The normalized spacial score (nSPS) is 10.6. The summed E-state index contributed by atoms with van der Waals surface area (Å²) < 4.78 is 10.3. The standard InChI is InChI=1S/C14H12ClN3O4/c1-21-13(19)10-4-2-8(15)6-11(10)12-5-3-9(22-12)7-17-18-14(16)20/h2-7H,1H3,(H3,16,18,20). The fourth-order valence-electron chi connectivity index (χ4n) is 1.73. The maximum Gasteiger partial charge on any atom is 0.338 e. The maximum atomic E-state index is 11.8. The van der Waals surface area contributed by atoms with Gasteiger partial charge in [-0.25, -0.2) is 15.0 Å². The Morgan fingerprint density at radius 3 is 2.82 bits per heavy atom. The number of amides is 2. The Bertz CT molecular complexity index is 739. The van der Waals surface area contributed by atoms with Gasteiger partial charge in [0.1, 0.15) is 11.5 Å². The van der Waals surface area contributed by atoms with Crippen LogP contribution in [0.3, 0.4) is 0 Å². The molecule has 2 aromatic rings. The predicted octanol–water partition coefficient (Wildman–Crippen LogP) is 2.39. The number of hydrazone groups is 1. The molecule has 0 saturated heterocycles. The Morgan fingerprint density at radius 1 is 1.36 bits per heavy atom. The van der Waals surface area contributed by atoms with Gasteiger partial charge in [0, 0.05) is 10.6 Å². The van der Waals surface area contributed by atoms with Gasteiger partial charge in [0.25, 0.3) is 0 Å². The van der Waals surface area contributed by atoms with E-state index in [2.05, 4.69) is 5.10 Å². The van der Waals surface area contributed by atoms with E-state index in [1.165, 1.54) is 13.3 Å². The van der Waals surface area contributed by atoms with Crippen LogP contribution in [0.4, 0.5) is 4.79 Å². The minimum absolute atomic E-state index is 0.319. The minimum atomic E-state index is -0.786. The summed E-state index contributed by atoms with van der Waals surface area (Å²) in [6.45, 7) is 0. The first-order chi connectivity index (χ1) is 10.5. The second-order valence-corrected chi connectivity index (χ2v) is 4.55. The van der Waals surface area contributed by atoms with Crippen LogP contribution in [0.5, 0.6) is 0 Å². The van der Waals surface area contributed by atoms with Crippen LogP contribution in [-0.2, 0) is 4.74 Å². The molecule has 2 rings (SSSR count). The highest BCUT2D eigenvalue weighted by atomic mass is 35.5. The highest BCUT2D eigenvalue weighted by Crippen LogP contribution is 2.29. The van der Waals surface area contributed by atoms with Crippen LogP contribution in [0.1, 0.15) is 16.1 Å². The van der Waals surface area contributed by atoms with Gasteiger partial charge < -0.3 is 14.9 Å². The molecular weight excluding hydrogens is 310 g/mol. The summed E-state index contributed by atoms with van der Waals surface area (Å²) >= 11 is 5.96. The van der Waals surface area contributed by atoms with Gasteiger partial charge in [0.15, 0.2) is 0 Å². The second-order valence-electron chi connectivity index (χ2n) is 4.12. The molecule has 0 unspecified atom stereocenters. The number of esters is 1. The summed E-state index contributed by atoms with van der Waals surface area (Å²) in [6.07, 6.45) is 1.27. The largest absolute Gasteiger partial charge is 0.465 e. The third kappa shape index (κ3) is 3.64. The van der Waals surface area contributed by atoms with E-state index in [9.17, 15) is 9.59 Å². The van der Waals surface area contributed by atoms with Crippen molar-refractivity contribution in [2.45, 2.75) is 0 Å². The Balaban J connectivity index is 2.34. The minimum Gasteiger partial charge on any atom is -0.465 e. The van der Waals surface area contributed by atoms with E-state index in [4.69, 9.17) is 26.5 Å². The Hall–Kier alpha value is -2.80. The topological polar surface area (TPSA) is 107 Å². The lowest BCUT2D eigenvalue weighted by molar-refractivity contribution is 0.0601. The molecule has 1 aromatic carbocycles. The van der Waals surface area contributed by atoms with Crippen LogP contribution >= 0.6 is 11.6 Å². The van der Waals surface area contributed by atoms with Gasteiger partial charge >= 0.3 is 12.0 Å². The van der Waals surface area contributed by atoms with Crippen molar-refractivity contribution in [3.8, 4) is 11.3 Å². The van der Waals surface area contributed by atoms with E-state index in [1.807, 2.05) is 5.43 Å². The summed E-state index contributed by atoms with van der Waals surface area (Å²) in [5, 5.41) is 4.03. The smallest absolute Gasteiger partial charge is 0.338 e. The quantitative estimate of drug-likeness (QED) is 0.512. The number of primary amides is 1. The second kappa shape index (κ2) is 6.77. The number of carbonyl (C=O) groups is 2. The molecule has 22 heavy (non-hydrogen) atoms. The molecule has 0 aliphatic heterocycles. The molecule has 0 atom stereocenters. The third-order valence-electron chi connectivity index (χ3n) is 2.65. The van der Waals surface area contributed by atoms with E-state index in [1.54, 1.807) is 30.3 Å². The van der Waals surface area contributed by atoms with Crippen molar-refractivity contribution in [1.29, 1.82) is 0 Å². The van der Waals surface area contributed by atoms with Crippen molar-refractivity contribution in [1.82, 2.24) is 5.43 Å². The van der Waals surface area contributed by atoms with E-state index in [-0.39, 0.29) is 0 Å². The first kappa shape index (κ1) is 15.6. The summed E-state index contributed by atoms with van der Waals surface area (Å²) in [7, 11) is 1.29. The fraction of sp³-hybridized carbons (Fsp3) is 0.0714. The number of ether oxygens (including phenoxy) is 1. The number of nitrogens with one attached hydrogen (secondary N) is 1. The fourth-order valence-corrected chi connectivity index (χ4v) is 1.91. The van der Waals surface area contributed by atoms with Crippen LogP contribution in [0, 0.1) is 0 Å². The number of furan rings is 1. The van der Waals surface area contributed by atoms with Crippen LogP contribution in [0.25, 0.3) is 11.3 Å². The molecule has 7 nitrogen and oxygen atoms in total. The van der Waals surface area contributed by atoms with Gasteiger partial charge in [-0.1, -0.05) is 11.6 Å².